The molecule has 0 aliphatic heterocycles. The molecule has 3 atom stereocenters. The SMILES string of the molecule is NC(CC(=O)O)C(=O)NC(Cc1ccccc1)C(=O)OCOC(=O)CC(O)(CC(=O)O)C(=O)O. The van der Waals surface area contributed by atoms with Crippen LogP contribution in [0.2, 0.25) is 0 Å². The lowest BCUT2D eigenvalue weighted by molar-refractivity contribution is -0.179. The topological polar surface area (TPSA) is 240 Å². The molecule has 1 rings (SSSR count). The maximum absolute atomic E-state index is 12.4. The van der Waals surface area contributed by atoms with Crippen LogP contribution in [0.5, 0.6) is 0 Å². The van der Waals surface area contributed by atoms with Crippen LogP contribution in [0.15, 0.2) is 30.3 Å². The molecule has 1 amide bonds. The first kappa shape index (κ1) is 28.0. The number of carboxylic acids is 3. The van der Waals surface area contributed by atoms with E-state index in [2.05, 4.69) is 10.1 Å². The third-order valence-corrected chi connectivity index (χ3v) is 4.31. The Balaban J connectivity index is 2.77. The van der Waals surface area contributed by atoms with Crippen LogP contribution >= 0.6 is 0 Å². The molecule has 0 heterocycles. The predicted octanol–water partition coefficient (Wildman–Crippen LogP) is -1.76. The molecule has 0 aromatic heterocycles. The summed E-state index contributed by atoms with van der Waals surface area (Å²) in [6.07, 6.45) is -3.30. The normalized spacial score (nSPS) is 14.1. The number of hydrogen-bond donors (Lipinski definition) is 6. The molecule has 0 fully saturated rings. The molecule has 14 nitrogen and oxygen atoms in total. The quantitative estimate of drug-likeness (QED) is 0.127. The molecule has 3 unspecified atom stereocenters. The Hall–Kier alpha value is -4.04. The molecule has 34 heavy (non-hydrogen) atoms. The van der Waals surface area contributed by atoms with Crippen molar-refractivity contribution in [2.45, 2.75) is 43.4 Å². The summed E-state index contributed by atoms with van der Waals surface area (Å²) in [6, 6.07) is 5.51. The minimum absolute atomic E-state index is 0.0868. The van der Waals surface area contributed by atoms with Gasteiger partial charge in [-0.25, -0.2) is 9.59 Å². The molecule has 0 radical (unpaired) electrons. The van der Waals surface area contributed by atoms with Gasteiger partial charge >= 0.3 is 29.8 Å². The van der Waals surface area contributed by atoms with Gasteiger partial charge < -0.3 is 41.0 Å². The van der Waals surface area contributed by atoms with Crippen molar-refractivity contribution in [3.63, 3.8) is 0 Å². The lowest BCUT2D eigenvalue weighted by Gasteiger charge is -2.21. The number of hydrogen-bond acceptors (Lipinski definition) is 10. The second-order valence-electron chi connectivity index (χ2n) is 7.14. The molecule has 186 valence electrons. The number of aliphatic hydroxyl groups is 1. The van der Waals surface area contributed by atoms with Gasteiger partial charge in [-0.3, -0.25) is 19.2 Å². The van der Waals surface area contributed by atoms with Crippen molar-refractivity contribution in [1.82, 2.24) is 5.32 Å². The lowest BCUT2D eigenvalue weighted by atomic mass is 9.96. The summed E-state index contributed by atoms with van der Waals surface area (Å²) in [4.78, 5) is 68.9. The second-order valence-corrected chi connectivity index (χ2v) is 7.14. The van der Waals surface area contributed by atoms with Crippen molar-refractivity contribution in [2.24, 2.45) is 5.73 Å². The van der Waals surface area contributed by atoms with Gasteiger partial charge in [0.05, 0.1) is 25.3 Å². The standard InChI is InChI=1S/C20H24N2O12/c21-12(7-14(23)24)17(28)22-13(6-11-4-2-1-3-5-11)18(29)34-10-33-16(27)9-20(32,19(30)31)8-15(25)26/h1-5,12-13,32H,6-10,21H2,(H,22,28)(H,23,24)(H,25,26)(H,30,31). The fraction of sp³-hybridized carbons (Fsp3) is 0.400. The highest BCUT2D eigenvalue weighted by Gasteiger charge is 2.41. The summed E-state index contributed by atoms with van der Waals surface area (Å²) >= 11 is 0. The number of nitrogens with one attached hydrogen (secondary N) is 1. The number of esters is 2. The van der Waals surface area contributed by atoms with Crippen molar-refractivity contribution in [3.05, 3.63) is 35.9 Å². The van der Waals surface area contributed by atoms with Gasteiger partial charge in [0.25, 0.3) is 0 Å². The number of carboxylic acid groups (broad SMARTS) is 3. The Kier molecular flexibility index (Phi) is 10.6. The Bertz CT molecular complexity index is 919. The number of nitrogens with two attached hydrogens (primary N) is 1. The maximum Gasteiger partial charge on any atom is 0.336 e. The molecule has 7 N–H and O–H groups in total. The van der Waals surface area contributed by atoms with Gasteiger partial charge in [-0.15, -0.1) is 0 Å². The van der Waals surface area contributed by atoms with Gasteiger partial charge in [0.1, 0.15) is 6.04 Å². The van der Waals surface area contributed by atoms with E-state index in [0.717, 1.165) is 0 Å². The van der Waals surface area contributed by atoms with E-state index in [1.807, 2.05) is 0 Å². The summed E-state index contributed by atoms with van der Waals surface area (Å²) in [6.45, 7) is -1.04. The van der Waals surface area contributed by atoms with E-state index in [9.17, 15) is 33.9 Å². The summed E-state index contributed by atoms with van der Waals surface area (Å²) in [5.41, 5.74) is 3.15. The minimum atomic E-state index is -2.93. The molecular weight excluding hydrogens is 460 g/mol. The first-order chi connectivity index (χ1) is 15.8. The van der Waals surface area contributed by atoms with Crippen LogP contribution in [0, 0.1) is 0 Å². The summed E-state index contributed by atoms with van der Waals surface area (Å²) in [7, 11) is 0. The number of amides is 1. The molecule has 14 heteroatoms. The smallest absolute Gasteiger partial charge is 0.336 e. The molecule has 1 aromatic rings. The highest BCUT2D eigenvalue weighted by atomic mass is 16.7. The van der Waals surface area contributed by atoms with Crippen LogP contribution in [0.3, 0.4) is 0 Å². The Morgan fingerprint density at radius 3 is 2.09 bits per heavy atom. The average Bonchev–Trinajstić information content (AvgIpc) is 2.72. The highest BCUT2D eigenvalue weighted by Crippen LogP contribution is 2.17. The highest BCUT2D eigenvalue weighted by molar-refractivity contribution is 5.90. The summed E-state index contributed by atoms with van der Waals surface area (Å²) < 4.78 is 9.30. The van der Waals surface area contributed by atoms with Crippen molar-refractivity contribution in [1.29, 1.82) is 0 Å². The van der Waals surface area contributed by atoms with Crippen molar-refractivity contribution in [2.75, 3.05) is 6.79 Å². The second kappa shape index (κ2) is 12.9. The molecule has 0 aliphatic rings. The number of rotatable bonds is 14. The number of benzene rings is 1. The monoisotopic (exact) mass is 484 g/mol. The fourth-order valence-corrected chi connectivity index (χ4v) is 2.61. The van der Waals surface area contributed by atoms with Crippen molar-refractivity contribution >= 4 is 35.8 Å². The van der Waals surface area contributed by atoms with Gasteiger partial charge in [0.2, 0.25) is 12.7 Å². The minimum Gasteiger partial charge on any atom is -0.481 e. The van der Waals surface area contributed by atoms with Crippen LogP contribution < -0.4 is 11.1 Å². The van der Waals surface area contributed by atoms with E-state index in [-0.39, 0.29) is 6.42 Å². The van der Waals surface area contributed by atoms with E-state index < -0.39 is 79.5 Å². The van der Waals surface area contributed by atoms with E-state index in [1.165, 1.54) is 0 Å². The Morgan fingerprint density at radius 2 is 1.56 bits per heavy atom. The molecule has 0 bridgehead atoms. The van der Waals surface area contributed by atoms with Gasteiger partial charge in [0, 0.05) is 6.42 Å². The summed E-state index contributed by atoms with van der Waals surface area (Å²) in [5, 5.41) is 38.5. The first-order valence-electron chi connectivity index (χ1n) is 9.65. The zero-order valence-electron chi connectivity index (χ0n) is 17.7. The Morgan fingerprint density at radius 1 is 0.941 bits per heavy atom. The van der Waals surface area contributed by atoms with E-state index >= 15 is 0 Å². The number of carbonyl (C=O) groups excluding carboxylic acids is 3. The maximum atomic E-state index is 12.4. The largest absolute Gasteiger partial charge is 0.481 e. The summed E-state index contributed by atoms with van der Waals surface area (Å²) in [5.74, 6) is -8.38. The first-order valence-corrected chi connectivity index (χ1v) is 9.65. The molecule has 0 saturated carbocycles. The molecule has 0 spiro atoms. The van der Waals surface area contributed by atoms with Crippen molar-refractivity contribution < 1.29 is 58.7 Å². The van der Waals surface area contributed by atoms with Gasteiger partial charge in [-0.05, 0) is 5.56 Å². The lowest BCUT2D eigenvalue weighted by Crippen LogP contribution is -2.50. The number of carbonyl (C=O) groups is 6. The number of aliphatic carboxylic acids is 3. The van der Waals surface area contributed by atoms with Crippen LogP contribution in [0.4, 0.5) is 0 Å². The molecular formula is C20H24N2O12. The zero-order valence-corrected chi connectivity index (χ0v) is 17.7. The van der Waals surface area contributed by atoms with Crippen LogP contribution in [-0.4, -0.2) is 80.7 Å². The third kappa shape index (κ3) is 9.62. The van der Waals surface area contributed by atoms with Crippen LogP contribution in [0.1, 0.15) is 24.8 Å². The van der Waals surface area contributed by atoms with Gasteiger partial charge in [-0.2, -0.15) is 0 Å². The van der Waals surface area contributed by atoms with E-state index in [1.54, 1.807) is 30.3 Å². The van der Waals surface area contributed by atoms with Crippen LogP contribution in [0.25, 0.3) is 0 Å². The Labute approximate surface area is 192 Å². The van der Waals surface area contributed by atoms with E-state index in [0.29, 0.717) is 5.56 Å². The zero-order chi connectivity index (χ0) is 25.9. The fourth-order valence-electron chi connectivity index (χ4n) is 2.61. The number of ether oxygens (including phenoxy) is 2. The molecule has 0 aliphatic carbocycles. The third-order valence-electron chi connectivity index (χ3n) is 4.31. The van der Waals surface area contributed by atoms with Crippen molar-refractivity contribution in [3.8, 4) is 0 Å². The van der Waals surface area contributed by atoms with E-state index in [4.69, 9.17) is 25.8 Å². The molecule has 0 saturated heterocycles. The van der Waals surface area contributed by atoms with Gasteiger partial charge in [0.15, 0.2) is 5.60 Å². The van der Waals surface area contributed by atoms with Crippen LogP contribution in [-0.2, 0) is 44.7 Å². The average molecular weight is 484 g/mol. The molecule has 1 aromatic carbocycles. The predicted molar refractivity (Wildman–Crippen MR) is 109 cm³/mol. The van der Waals surface area contributed by atoms with Gasteiger partial charge in [-0.1, -0.05) is 30.3 Å².